The summed E-state index contributed by atoms with van der Waals surface area (Å²) in [6, 6.07) is 4.48. The molecule has 2 fully saturated rings. The summed E-state index contributed by atoms with van der Waals surface area (Å²) in [6.45, 7) is 2.54. The molecule has 31 heavy (non-hydrogen) atoms. The van der Waals surface area contributed by atoms with E-state index in [1.165, 1.54) is 36.0 Å². The Hall–Kier alpha value is -2.13. The molecule has 1 saturated heterocycles. The molecule has 0 unspecified atom stereocenters. The molecule has 0 bridgehead atoms. The summed E-state index contributed by atoms with van der Waals surface area (Å²) in [5.41, 5.74) is 0.218. The van der Waals surface area contributed by atoms with Crippen LogP contribution in [0.3, 0.4) is 0 Å². The summed E-state index contributed by atoms with van der Waals surface area (Å²) >= 11 is 0. The second kappa shape index (κ2) is 10.5. The number of nitrogens with one attached hydrogen (secondary N) is 1. The van der Waals surface area contributed by atoms with E-state index in [9.17, 15) is 18.0 Å². The predicted octanol–water partition coefficient (Wildman–Crippen LogP) is 2.72. The van der Waals surface area contributed by atoms with Gasteiger partial charge in [-0.05, 0) is 50.8 Å². The van der Waals surface area contributed by atoms with E-state index in [-0.39, 0.29) is 47.4 Å². The third-order valence-electron chi connectivity index (χ3n) is 6.07. The van der Waals surface area contributed by atoms with Crippen LogP contribution in [0.2, 0.25) is 0 Å². The molecule has 9 heteroatoms. The molecule has 1 aliphatic heterocycles. The van der Waals surface area contributed by atoms with Crippen molar-refractivity contribution in [3.05, 3.63) is 23.8 Å². The van der Waals surface area contributed by atoms with E-state index >= 15 is 0 Å². The van der Waals surface area contributed by atoms with Crippen molar-refractivity contribution in [3.63, 3.8) is 0 Å². The predicted molar refractivity (Wildman–Crippen MR) is 115 cm³/mol. The van der Waals surface area contributed by atoms with Crippen molar-refractivity contribution < 1.29 is 27.5 Å². The van der Waals surface area contributed by atoms with Crippen LogP contribution in [0, 0.1) is 5.92 Å². The highest BCUT2D eigenvalue weighted by atomic mass is 32.2. The topological polar surface area (TPSA) is 102 Å². The van der Waals surface area contributed by atoms with Crippen molar-refractivity contribution in [2.75, 3.05) is 26.8 Å². The van der Waals surface area contributed by atoms with Crippen molar-refractivity contribution in [1.82, 2.24) is 9.62 Å². The largest absolute Gasteiger partial charge is 0.496 e. The van der Waals surface area contributed by atoms with E-state index in [1.807, 2.05) is 0 Å². The maximum absolute atomic E-state index is 13.2. The molecule has 1 aromatic rings. The SMILES string of the molecule is CCOC(=O)C1CCN(S(=O)(=O)c2ccc(OC)c(C(=O)NC3CCCCC3)c2)CC1. The van der Waals surface area contributed by atoms with E-state index in [0.717, 1.165) is 25.7 Å². The number of hydrogen-bond acceptors (Lipinski definition) is 6. The fraction of sp³-hybridized carbons (Fsp3) is 0.636. The van der Waals surface area contributed by atoms with Crippen LogP contribution in [0.15, 0.2) is 23.1 Å². The third-order valence-corrected chi connectivity index (χ3v) is 7.96. The Balaban J connectivity index is 1.75. The van der Waals surface area contributed by atoms with Gasteiger partial charge in [0.2, 0.25) is 10.0 Å². The number of esters is 1. The first kappa shape index (κ1) is 23.5. The maximum atomic E-state index is 13.2. The molecular weight excluding hydrogens is 420 g/mol. The van der Waals surface area contributed by atoms with Gasteiger partial charge in [0.1, 0.15) is 5.75 Å². The van der Waals surface area contributed by atoms with Gasteiger partial charge < -0.3 is 14.8 Å². The third kappa shape index (κ3) is 5.57. The zero-order valence-corrected chi connectivity index (χ0v) is 19.1. The summed E-state index contributed by atoms with van der Waals surface area (Å²) in [7, 11) is -2.33. The molecule has 1 N–H and O–H groups in total. The fourth-order valence-corrected chi connectivity index (χ4v) is 5.77. The standard InChI is InChI=1S/C22H32N2O6S/c1-3-30-22(26)16-11-13-24(14-12-16)31(27,28)18-9-10-20(29-2)19(15-18)21(25)23-17-7-5-4-6-8-17/h9-10,15-17H,3-8,11-14H2,1-2H3,(H,23,25). The van der Waals surface area contributed by atoms with Crippen LogP contribution < -0.4 is 10.1 Å². The van der Waals surface area contributed by atoms with Crippen LogP contribution in [0.5, 0.6) is 5.75 Å². The first-order valence-electron chi connectivity index (χ1n) is 11.0. The smallest absolute Gasteiger partial charge is 0.309 e. The number of carbonyl (C=O) groups is 2. The Kier molecular flexibility index (Phi) is 7.94. The van der Waals surface area contributed by atoms with E-state index in [2.05, 4.69) is 5.32 Å². The van der Waals surface area contributed by atoms with E-state index in [4.69, 9.17) is 9.47 Å². The summed E-state index contributed by atoms with van der Waals surface area (Å²) < 4.78 is 38.1. The number of rotatable bonds is 7. The zero-order valence-electron chi connectivity index (χ0n) is 18.3. The second-order valence-corrected chi connectivity index (χ2v) is 10.0. The lowest BCUT2D eigenvalue weighted by atomic mass is 9.95. The highest BCUT2D eigenvalue weighted by molar-refractivity contribution is 7.89. The maximum Gasteiger partial charge on any atom is 0.309 e. The minimum Gasteiger partial charge on any atom is -0.496 e. The van der Waals surface area contributed by atoms with Crippen LogP contribution in [0.4, 0.5) is 0 Å². The van der Waals surface area contributed by atoms with Gasteiger partial charge in [-0.2, -0.15) is 4.31 Å². The highest BCUT2D eigenvalue weighted by Crippen LogP contribution is 2.28. The molecular formula is C22H32N2O6S. The Morgan fingerprint density at radius 3 is 2.39 bits per heavy atom. The van der Waals surface area contributed by atoms with Gasteiger partial charge in [-0.3, -0.25) is 9.59 Å². The number of hydrogen-bond donors (Lipinski definition) is 1. The van der Waals surface area contributed by atoms with Crippen molar-refractivity contribution in [2.24, 2.45) is 5.92 Å². The van der Waals surface area contributed by atoms with Gasteiger partial charge in [0, 0.05) is 19.1 Å². The number of carbonyl (C=O) groups excluding carboxylic acids is 2. The molecule has 172 valence electrons. The van der Waals surface area contributed by atoms with Gasteiger partial charge in [-0.25, -0.2) is 8.42 Å². The Morgan fingerprint density at radius 2 is 1.77 bits per heavy atom. The van der Waals surface area contributed by atoms with Crippen molar-refractivity contribution >= 4 is 21.9 Å². The fourth-order valence-electron chi connectivity index (χ4n) is 4.28. The zero-order chi connectivity index (χ0) is 22.4. The lowest BCUT2D eigenvalue weighted by Crippen LogP contribution is -2.40. The first-order chi connectivity index (χ1) is 14.9. The van der Waals surface area contributed by atoms with E-state index < -0.39 is 10.0 Å². The number of amides is 1. The average Bonchev–Trinajstić information content (AvgIpc) is 2.79. The summed E-state index contributed by atoms with van der Waals surface area (Å²) in [5.74, 6) is -0.528. The van der Waals surface area contributed by atoms with Gasteiger partial charge >= 0.3 is 5.97 Å². The van der Waals surface area contributed by atoms with Gasteiger partial charge in [0.05, 0.1) is 30.1 Å². The molecule has 0 atom stereocenters. The van der Waals surface area contributed by atoms with E-state index in [0.29, 0.717) is 25.2 Å². The normalized spacial score (nSPS) is 19.0. The molecule has 1 saturated carbocycles. The van der Waals surface area contributed by atoms with Gasteiger partial charge in [0.25, 0.3) is 5.91 Å². The molecule has 0 aromatic heterocycles. The number of sulfonamides is 1. The molecule has 1 aromatic carbocycles. The van der Waals surface area contributed by atoms with Crippen LogP contribution in [0.25, 0.3) is 0 Å². The van der Waals surface area contributed by atoms with Crippen LogP contribution >= 0.6 is 0 Å². The molecule has 1 aliphatic carbocycles. The average molecular weight is 453 g/mol. The molecule has 0 radical (unpaired) electrons. The summed E-state index contributed by atoms with van der Waals surface area (Å²) in [5, 5.41) is 3.02. The van der Waals surface area contributed by atoms with Crippen LogP contribution in [-0.2, 0) is 19.6 Å². The quantitative estimate of drug-likeness (QED) is 0.638. The monoisotopic (exact) mass is 452 g/mol. The molecule has 1 amide bonds. The number of ether oxygens (including phenoxy) is 2. The van der Waals surface area contributed by atoms with Gasteiger partial charge in [-0.15, -0.1) is 0 Å². The Labute approximate surface area is 184 Å². The number of nitrogens with zero attached hydrogens (tertiary/aromatic N) is 1. The number of benzene rings is 1. The first-order valence-corrected chi connectivity index (χ1v) is 12.5. The minimum atomic E-state index is -3.79. The Morgan fingerprint density at radius 1 is 1.10 bits per heavy atom. The highest BCUT2D eigenvalue weighted by Gasteiger charge is 2.33. The van der Waals surface area contributed by atoms with Crippen molar-refractivity contribution in [3.8, 4) is 5.75 Å². The molecule has 2 aliphatic rings. The second-order valence-electron chi connectivity index (χ2n) is 8.10. The van der Waals surface area contributed by atoms with Crippen LogP contribution in [0.1, 0.15) is 62.2 Å². The summed E-state index contributed by atoms with van der Waals surface area (Å²) in [6.07, 6.45) is 6.04. The Bertz CT molecular complexity index is 887. The molecule has 3 rings (SSSR count). The number of methoxy groups -OCH3 is 1. The lowest BCUT2D eigenvalue weighted by Gasteiger charge is -2.30. The van der Waals surface area contributed by atoms with E-state index in [1.54, 1.807) is 6.92 Å². The molecule has 0 spiro atoms. The van der Waals surface area contributed by atoms with Gasteiger partial charge in [-0.1, -0.05) is 19.3 Å². The number of piperidine rings is 1. The van der Waals surface area contributed by atoms with Crippen molar-refractivity contribution in [2.45, 2.75) is 62.8 Å². The van der Waals surface area contributed by atoms with Crippen molar-refractivity contribution in [1.29, 1.82) is 0 Å². The summed E-state index contributed by atoms with van der Waals surface area (Å²) in [4.78, 5) is 24.9. The molecule has 8 nitrogen and oxygen atoms in total. The lowest BCUT2D eigenvalue weighted by molar-refractivity contribution is -0.149. The molecule has 1 heterocycles. The minimum absolute atomic E-state index is 0.0525. The van der Waals surface area contributed by atoms with Crippen LogP contribution in [-0.4, -0.2) is 57.4 Å². The van der Waals surface area contributed by atoms with Gasteiger partial charge in [0.15, 0.2) is 0 Å².